The molecule has 2 rings (SSSR count). The Balaban J connectivity index is 1.98. The van der Waals surface area contributed by atoms with E-state index in [1.54, 1.807) is 6.07 Å². The van der Waals surface area contributed by atoms with Gasteiger partial charge in [0.2, 0.25) is 5.91 Å². The summed E-state index contributed by atoms with van der Waals surface area (Å²) in [5.74, 6) is 0.420. The van der Waals surface area contributed by atoms with Gasteiger partial charge in [-0.2, -0.15) is 0 Å². The van der Waals surface area contributed by atoms with Crippen LogP contribution in [0.4, 0.5) is 16.2 Å². The summed E-state index contributed by atoms with van der Waals surface area (Å²) in [5.41, 5.74) is 1.45. The number of carbonyl (C=O) groups excluding carboxylic acids is 2. The van der Waals surface area contributed by atoms with Crippen LogP contribution in [0.3, 0.4) is 0 Å². The van der Waals surface area contributed by atoms with Crippen LogP contribution >= 0.6 is 11.8 Å². The van der Waals surface area contributed by atoms with Crippen molar-refractivity contribution in [2.75, 3.05) is 22.9 Å². The highest BCUT2D eigenvalue weighted by Crippen LogP contribution is 2.33. The number of hydrogen-bond donors (Lipinski definition) is 3. The molecule has 0 radical (unpaired) electrons. The Labute approximate surface area is 122 Å². The average molecular weight is 293 g/mol. The van der Waals surface area contributed by atoms with Gasteiger partial charge >= 0.3 is 6.03 Å². The van der Waals surface area contributed by atoms with E-state index in [1.165, 1.54) is 11.8 Å². The van der Waals surface area contributed by atoms with Gasteiger partial charge in [0.15, 0.2) is 0 Å². The Morgan fingerprint density at radius 1 is 1.40 bits per heavy atom. The van der Waals surface area contributed by atoms with Crippen molar-refractivity contribution in [3.63, 3.8) is 0 Å². The van der Waals surface area contributed by atoms with Crippen LogP contribution in [0.15, 0.2) is 23.1 Å². The largest absolute Gasteiger partial charge is 0.337 e. The maximum atomic E-state index is 11.8. The van der Waals surface area contributed by atoms with Crippen molar-refractivity contribution in [1.29, 1.82) is 0 Å². The molecule has 5 nitrogen and oxygen atoms in total. The Morgan fingerprint density at radius 3 is 2.85 bits per heavy atom. The van der Waals surface area contributed by atoms with E-state index in [1.807, 2.05) is 12.1 Å². The van der Waals surface area contributed by atoms with Crippen molar-refractivity contribution in [2.24, 2.45) is 5.41 Å². The molecule has 1 aliphatic rings. The summed E-state index contributed by atoms with van der Waals surface area (Å²) in [7, 11) is 0. The zero-order valence-electron chi connectivity index (χ0n) is 11.9. The molecule has 0 aromatic heterocycles. The summed E-state index contributed by atoms with van der Waals surface area (Å²) in [4.78, 5) is 24.1. The number of hydrogen-bond acceptors (Lipinski definition) is 3. The van der Waals surface area contributed by atoms with Gasteiger partial charge in [-0.25, -0.2) is 4.79 Å². The molecule has 6 heteroatoms. The lowest BCUT2D eigenvalue weighted by Gasteiger charge is -2.20. The molecule has 20 heavy (non-hydrogen) atoms. The van der Waals surface area contributed by atoms with E-state index >= 15 is 0 Å². The molecule has 3 amide bonds. The summed E-state index contributed by atoms with van der Waals surface area (Å²) in [6.07, 6.45) is 0. The van der Waals surface area contributed by atoms with Crippen LogP contribution in [0.1, 0.15) is 20.8 Å². The first kappa shape index (κ1) is 14.7. The zero-order chi connectivity index (χ0) is 14.8. The summed E-state index contributed by atoms with van der Waals surface area (Å²) < 4.78 is 0. The lowest BCUT2D eigenvalue weighted by atomic mass is 9.97. The third-order valence-corrected chi connectivity index (χ3v) is 3.72. The molecule has 0 spiro atoms. The number of fused-ring (bicyclic) bond motifs is 1. The van der Waals surface area contributed by atoms with Crippen molar-refractivity contribution in [2.45, 2.75) is 25.7 Å². The van der Waals surface area contributed by atoms with Gasteiger partial charge in [0.05, 0.1) is 11.4 Å². The zero-order valence-corrected chi connectivity index (χ0v) is 12.7. The molecule has 1 aromatic rings. The van der Waals surface area contributed by atoms with Crippen LogP contribution in [0.5, 0.6) is 0 Å². The minimum absolute atomic E-state index is 0.0168. The molecule has 0 atom stereocenters. The third kappa shape index (κ3) is 4.16. The first-order valence-corrected chi connectivity index (χ1v) is 7.44. The quantitative estimate of drug-likeness (QED) is 0.785. The molecular weight excluding hydrogens is 274 g/mol. The van der Waals surface area contributed by atoms with Gasteiger partial charge < -0.3 is 16.0 Å². The lowest BCUT2D eigenvalue weighted by Crippen LogP contribution is -2.35. The van der Waals surface area contributed by atoms with Gasteiger partial charge in [-0.05, 0) is 23.6 Å². The molecule has 0 bridgehead atoms. The standard InChI is InChI=1S/C14H19N3O2S/c1-14(2,3)8-15-13(19)16-9-4-5-11-10(6-9)17-12(18)7-20-11/h4-6H,7-8H2,1-3H3,(H,17,18)(H2,15,16,19). The smallest absolute Gasteiger partial charge is 0.319 e. The van der Waals surface area contributed by atoms with Crippen LogP contribution in [0.2, 0.25) is 0 Å². The molecule has 1 aliphatic heterocycles. The number of anilines is 2. The SMILES string of the molecule is CC(C)(C)CNC(=O)Nc1ccc2c(c1)NC(=O)CS2. The van der Waals surface area contributed by atoms with Crippen molar-refractivity contribution >= 4 is 35.1 Å². The molecule has 3 N–H and O–H groups in total. The van der Waals surface area contributed by atoms with E-state index in [-0.39, 0.29) is 17.4 Å². The van der Waals surface area contributed by atoms with Crippen LogP contribution in [-0.2, 0) is 4.79 Å². The predicted octanol–water partition coefficient (Wildman–Crippen LogP) is 2.90. The predicted molar refractivity (Wildman–Crippen MR) is 82.3 cm³/mol. The second-order valence-corrected chi connectivity index (χ2v) is 6.93. The molecule has 0 saturated heterocycles. The Morgan fingerprint density at radius 2 is 2.15 bits per heavy atom. The first-order valence-electron chi connectivity index (χ1n) is 6.45. The van der Waals surface area contributed by atoms with E-state index in [2.05, 4.69) is 36.7 Å². The second kappa shape index (κ2) is 5.75. The normalized spacial score (nSPS) is 14.2. The summed E-state index contributed by atoms with van der Waals surface area (Å²) in [6.45, 7) is 6.76. The number of rotatable bonds is 2. The minimum Gasteiger partial charge on any atom is -0.337 e. The maximum Gasteiger partial charge on any atom is 0.319 e. The topological polar surface area (TPSA) is 70.2 Å². The highest BCUT2D eigenvalue weighted by Gasteiger charge is 2.16. The number of benzene rings is 1. The highest BCUT2D eigenvalue weighted by molar-refractivity contribution is 8.00. The van der Waals surface area contributed by atoms with Gasteiger partial charge in [-0.3, -0.25) is 4.79 Å². The molecule has 1 aromatic carbocycles. The summed E-state index contributed by atoms with van der Waals surface area (Å²) in [6, 6.07) is 5.27. The van der Waals surface area contributed by atoms with E-state index in [0.717, 1.165) is 10.6 Å². The van der Waals surface area contributed by atoms with E-state index in [0.29, 0.717) is 18.0 Å². The third-order valence-electron chi connectivity index (χ3n) is 2.65. The molecule has 108 valence electrons. The average Bonchev–Trinajstić information content (AvgIpc) is 2.35. The van der Waals surface area contributed by atoms with Crippen LogP contribution in [-0.4, -0.2) is 24.2 Å². The number of urea groups is 1. The van der Waals surface area contributed by atoms with Gasteiger partial charge in [0.1, 0.15) is 0 Å². The van der Waals surface area contributed by atoms with Crippen molar-refractivity contribution < 1.29 is 9.59 Å². The monoisotopic (exact) mass is 293 g/mol. The number of carbonyl (C=O) groups is 2. The minimum atomic E-state index is -0.241. The van der Waals surface area contributed by atoms with Crippen molar-refractivity contribution in [1.82, 2.24) is 5.32 Å². The first-order chi connectivity index (χ1) is 9.33. The number of thioether (sulfide) groups is 1. The van der Waals surface area contributed by atoms with Gasteiger partial charge in [0, 0.05) is 17.1 Å². The number of nitrogens with one attached hydrogen (secondary N) is 3. The fourth-order valence-electron chi connectivity index (χ4n) is 1.68. The second-order valence-electron chi connectivity index (χ2n) is 5.92. The molecule has 0 aliphatic carbocycles. The molecule has 0 unspecified atom stereocenters. The van der Waals surface area contributed by atoms with Crippen LogP contribution in [0, 0.1) is 5.41 Å². The van der Waals surface area contributed by atoms with Gasteiger partial charge in [-0.15, -0.1) is 11.8 Å². The fourth-order valence-corrected chi connectivity index (χ4v) is 2.47. The van der Waals surface area contributed by atoms with E-state index < -0.39 is 0 Å². The number of amides is 3. The van der Waals surface area contributed by atoms with E-state index in [4.69, 9.17) is 0 Å². The molecule has 0 fully saturated rings. The molecular formula is C14H19N3O2S. The summed E-state index contributed by atoms with van der Waals surface area (Å²) in [5, 5.41) is 8.38. The maximum absolute atomic E-state index is 11.8. The Bertz CT molecular complexity index is 538. The van der Waals surface area contributed by atoms with Crippen molar-refractivity contribution in [3.8, 4) is 0 Å². The molecule has 0 saturated carbocycles. The van der Waals surface area contributed by atoms with Crippen LogP contribution in [0.25, 0.3) is 0 Å². The highest BCUT2D eigenvalue weighted by atomic mass is 32.2. The lowest BCUT2D eigenvalue weighted by molar-refractivity contribution is -0.113. The fraction of sp³-hybridized carbons (Fsp3) is 0.429. The molecule has 1 heterocycles. The van der Waals surface area contributed by atoms with E-state index in [9.17, 15) is 9.59 Å². The van der Waals surface area contributed by atoms with Gasteiger partial charge in [0.25, 0.3) is 0 Å². The Kier molecular flexibility index (Phi) is 4.23. The van der Waals surface area contributed by atoms with Gasteiger partial charge in [-0.1, -0.05) is 20.8 Å². The van der Waals surface area contributed by atoms with Crippen LogP contribution < -0.4 is 16.0 Å². The Hall–Kier alpha value is -1.69. The summed E-state index contributed by atoms with van der Waals surface area (Å²) >= 11 is 1.50. The van der Waals surface area contributed by atoms with Crippen molar-refractivity contribution in [3.05, 3.63) is 18.2 Å².